The van der Waals surface area contributed by atoms with Crippen LogP contribution in [0.15, 0.2) is 72.9 Å². The van der Waals surface area contributed by atoms with E-state index >= 15 is 0 Å². The van der Waals surface area contributed by atoms with Crippen LogP contribution in [0, 0.1) is 0 Å². The maximum absolute atomic E-state index is 12.5. The number of hydrogen-bond donors (Lipinski definition) is 2. The standard InChI is InChI=1S/C41H70NO8P/c1-3-5-7-9-11-13-15-17-18-19-20-22-23-25-27-29-31-33-40(43)47-37-39(38-49-51(45,46)48-36-35-42)50-41(44)34-32-30-28-26-24-21-16-14-12-10-8-6-4-2/h6,8,10-14,16-18,21,24,39H,3-5,7,9,15,19-20,22-23,25-38,42H2,1-2H3,(H,45,46)/b8-6+,12-10+,13-11+,16-14+,18-17+,24-21+. The van der Waals surface area contributed by atoms with Crippen molar-refractivity contribution in [3.8, 4) is 0 Å². The Morgan fingerprint density at radius 2 is 1.16 bits per heavy atom. The Balaban J connectivity index is 4.28. The minimum absolute atomic E-state index is 0.0416. The molecule has 51 heavy (non-hydrogen) atoms. The molecule has 2 atom stereocenters. The summed E-state index contributed by atoms with van der Waals surface area (Å²) in [5, 5.41) is 0. The van der Waals surface area contributed by atoms with Crippen LogP contribution in [0.4, 0.5) is 0 Å². The number of hydrogen-bond acceptors (Lipinski definition) is 8. The van der Waals surface area contributed by atoms with E-state index in [0.29, 0.717) is 12.8 Å². The fraction of sp³-hybridized carbons (Fsp3) is 0.659. The van der Waals surface area contributed by atoms with Crippen molar-refractivity contribution in [3.05, 3.63) is 72.9 Å². The van der Waals surface area contributed by atoms with Crippen LogP contribution in [0.2, 0.25) is 0 Å². The van der Waals surface area contributed by atoms with Gasteiger partial charge >= 0.3 is 19.8 Å². The number of allylic oxidation sites excluding steroid dienone is 12. The first-order chi connectivity index (χ1) is 24.8. The van der Waals surface area contributed by atoms with E-state index in [1.54, 1.807) is 0 Å². The molecule has 0 aromatic heterocycles. The highest BCUT2D eigenvalue weighted by molar-refractivity contribution is 7.47. The van der Waals surface area contributed by atoms with E-state index in [2.05, 4.69) is 50.3 Å². The fourth-order valence-corrected chi connectivity index (χ4v) is 5.56. The predicted molar refractivity (Wildman–Crippen MR) is 210 cm³/mol. The van der Waals surface area contributed by atoms with Gasteiger partial charge in [-0.3, -0.25) is 18.6 Å². The molecule has 0 saturated heterocycles. The third-order valence-corrected chi connectivity index (χ3v) is 8.66. The van der Waals surface area contributed by atoms with Crippen molar-refractivity contribution in [1.29, 1.82) is 0 Å². The highest BCUT2D eigenvalue weighted by Gasteiger charge is 2.25. The highest BCUT2D eigenvalue weighted by Crippen LogP contribution is 2.43. The first kappa shape index (κ1) is 48.5. The lowest BCUT2D eigenvalue weighted by molar-refractivity contribution is -0.161. The van der Waals surface area contributed by atoms with Gasteiger partial charge in [0, 0.05) is 19.4 Å². The summed E-state index contributed by atoms with van der Waals surface area (Å²) in [7, 11) is -4.39. The third kappa shape index (κ3) is 37.0. The molecule has 9 nitrogen and oxygen atoms in total. The molecule has 0 fully saturated rings. The van der Waals surface area contributed by atoms with Crippen molar-refractivity contribution in [2.45, 2.75) is 148 Å². The lowest BCUT2D eigenvalue weighted by Crippen LogP contribution is -2.29. The Labute approximate surface area is 310 Å². The van der Waals surface area contributed by atoms with Crippen molar-refractivity contribution in [3.63, 3.8) is 0 Å². The molecular weight excluding hydrogens is 665 g/mol. The second kappa shape index (κ2) is 37.2. The van der Waals surface area contributed by atoms with Crippen LogP contribution in [0.3, 0.4) is 0 Å². The molecule has 0 bridgehead atoms. The molecule has 0 aromatic carbocycles. The number of unbranched alkanes of at least 4 members (excludes halogenated alkanes) is 13. The molecule has 0 aliphatic carbocycles. The zero-order valence-corrected chi connectivity index (χ0v) is 32.7. The van der Waals surface area contributed by atoms with Gasteiger partial charge in [0.2, 0.25) is 0 Å². The molecule has 0 aliphatic rings. The number of ether oxygens (including phenoxy) is 2. The van der Waals surface area contributed by atoms with Crippen LogP contribution >= 0.6 is 7.82 Å². The largest absolute Gasteiger partial charge is 0.472 e. The minimum atomic E-state index is -4.39. The van der Waals surface area contributed by atoms with Gasteiger partial charge in [0.25, 0.3) is 0 Å². The molecule has 2 unspecified atom stereocenters. The topological polar surface area (TPSA) is 134 Å². The molecule has 0 aromatic rings. The maximum Gasteiger partial charge on any atom is 0.472 e. The summed E-state index contributed by atoms with van der Waals surface area (Å²) in [5.41, 5.74) is 5.33. The summed E-state index contributed by atoms with van der Waals surface area (Å²) in [6, 6.07) is 0. The lowest BCUT2D eigenvalue weighted by atomic mass is 10.1. The Hall–Kier alpha value is -2.55. The van der Waals surface area contributed by atoms with Crippen molar-refractivity contribution in [2.75, 3.05) is 26.4 Å². The zero-order valence-electron chi connectivity index (χ0n) is 31.8. The fourth-order valence-electron chi connectivity index (χ4n) is 4.79. The molecule has 0 saturated carbocycles. The molecule has 0 rings (SSSR count). The van der Waals surface area contributed by atoms with Crippen LogP contribution in [-0.4, -0.2) is 49.3 Å². The van der Waals surface area contributed by atoms with Crippen LogP contribution in [0.25, 0.3) is 0 Å². The molecule has 10 heteroatoms. The molecule has 292 valence electrons. The number of nitrogens with two attached hydrogens (primary N) is 1. The van der Waals surface area contributed by atoms with Gasteiger partial charge in [0.15, 0.2) is 6.10 Å². The van der Waals surface area contributed by atoms with Gasteiger partial charge in [-0.1, -0.05) is 138 Å². The van der Waals surface area contributed by atoms with Crippen molar-refractivity contribution in [2.24, 2.45) is 5.73 Å². The van der Waals surface area contributed by atoms with Crippen LogP contribution < -0.4 is 5.73 Å². The van der Waals surface area contributed by atoms with Gasteiger partial charge in [0.05, 0.1) is 13.2 Å². The average Bonchev–Trinajstić information content (AvgIpc) is 3.11. The van der Waals surface area contributed by atoms with E-state index in [4.69, 9.17) is 24.3 Å². The molecular formula is C41H70NO8P. The van der Waals surface area contributed by atoms with E-state index in [0.717, 1.165) is 57.8 Å². The Bertz CT molecular complexity index is 1070. The second-order valence-electron chi connectivity index (χ2n) is 12.5. The van der Waals surface area contributed by atoms with Gasteiger partial charge in [-0.05, 0) is 64.2 Å². The molecule has 0 spiro atoms. The number of carbonyl (C=O) groups is 2. The predicted octanol–water partition coefficient (Wildman–Crippen LogP) is 10.7. The lowest BCUT2D eigenvalue weighted by Gasteiger charge is -2.19. The molecule has 3 N–H and O–H groups in total. The second-order valence-corrected chi connectivity index (χ2v) is 14.0. The first-order valence-corrected chi connectivity index (χ1v) is 21.0. The van der Waals surface area contributed by atoms with E-state index in [9.17, 15) is 19.0 Å². The van der Waals surface area contributed by atoms with Gasteiger partial charge < -0.3 is 20.1 Å². The Morgan fingerprint density at radius 1 is 0.627 bits per heavy atom. The minimum Gasteiger partial charge on any atom is -0.462 e. The number of rotatable bonds is 35. The van der Waals surface area contributed by atoms with Gasteiger partial charge in [-0.25, -0.2) is 4.57 Å². The monoisotopic (exact) mass is 735 g/mol. The smallest absolute Gasteiger partial charge is 0.462 e. The summed E-state index contributed by atoms with van der Waals surface area (Å²) in [6.45, 7) is 3.48. The summed E-state index contributed by atoms with van der Waals surface area (Å²) in [5.74, 6) is -0.892. The molecule has 0 heterocycles. The molecule has 0 radical (unpaired) electrons. The van der Waals surface area contributed by atoms with Gasteiger partial charge in [-0.15, -0.1) is 0 Å². The Kier molecular flexibility index (Phi) is 35.4. The molecule has 0 aliphatic heterocycles. The average molecular weight is 736 g/mol. The number of carbonyl (C=O) groups excluding carboxylic acids is 2. The van der Waals surface area contributed by atoms with Crippen LogP contribution in [-0.2, 0) is 32.7 Å². The normalized spacial score (nSPS) is 14.2. The zero-order chi connectivity index (χ0) is 37.5. The number of phosphoric ester groups is 1. The van der Waals surface area contributed by atoms with Gasteiger partial charge in [0.1, 0.15) is 6.61 Å². The first-order valence-electron chi connectivity index (χ1n) is 19.5. The summed E-state index contributed by atoms with van der Waals surface area (Å²) < 4.78 is 32.6. The summed E-state index contributed by atoms with van der Waals surface area (Å²) in [6.07, 6.45) is 43.6. The van der Waals surface area contributed by atoms with Crippen LogP contribution in [0.5, 0.6) is 0 Å². The van der Waals surface area contributed by atoms with Crippen molar-refractivity contribution >= 4 is 19.8 Å². The van der Waals surface area contributed by atoms with Crippen molar-refractivity contribution in [1.82, 2.24) is 0 Å². The third-order valence-electron chi connectivity index (χ3n) is 7.67. The van der Waals surface area contributed by atoms with Crippen LogP contribution in [0.1, 0.15) is 142 Å². The van der Waals surface area contributed by atoms with Crippen molar-refractivity contribution < 1.29 is 37.6 Å². The van der Waals surface area contributed by atoms with E-state index in [1.807, 2.05) is 36.5 Å². The SMILES string of the molecule is CC/C=C/C=C/C=C/C=C/CCCCCC(=O)OC(COC(=O)CCCCCCCCC/C=C/C/C=C/CCCCC)COP(=O)(O)OCCN. The Morgan fingerprint density at radius 3 is 1.78 bits per heavy atom. The number of phosphoric acid groups is 1. The van der Waals surface area contributed by atoms with E-state index in [-0.39, 0.29) is 32.6 Å². The maximum atomic E-state index is 12.5. The van der Waals surface area contributed by atoms with E-state index < -0.39 is 32.5 Å². The highest BCUT2D eigenvalue weighted by atomic mass is 31.2. The number of esters is 2. The molecule has 0 amide bonds. The quantitative estimate of drug-likeness (QED) is 0.0214. The van der Waals surface area contributed by atoms with E-state index in [1.165, 1.54) is 44.9 Å². The van der Waals surface area contributed by atoms with Gasteiger partial charge in [-0.2, -0.15) is 0 Å². The summed E-state index contributed by atoms with van der Waals surface area (Å²) in [4.78, 5) is 34.7. The summed E-state index contributed by atoms with van der Waals surface area (Å²) >= 11 is 0.